The summed E-state index contributed by atoms with van der Waals surface area (Å²) in [5.74, 6) is 2.98. The summed E-state index contributed by atoms with van der Waals surface area (Å²) < 4.78 is 0. The highest BCUT2D eigenvalue weighted by atomic mass is 14.9. The summed E-state index contributed by atoms with van der Waals surface area (Å²) in [6.45, 7) is 36.6. The molecule has 0 radical (unpaired) electrons. The zero-order valence-electron chi connectivity index (χ0n) is 59.6. The van der Waals surface area contributed by atoms with Crippen molar-refractivity contribution in [1.82, 2.24) is 9.97 Å². The molecular formula is C92H96N4. The number of H-pyrrole nitrogens is 2. The van der Waals surface area contributed by atoms with E-state index in [1.54, 1.807) is 0 Å². The van der Waals surface area contributed by atoms with E-state index in [0.29, 0.717) is 60.2 Å². The van der Waals surface area contributed by atoms with Crippen LogP contribution in [0.3, 0.4) is 0 Å². The largest absolute Gasteiger partial charge is 0.357 e. The second kappa shape index (κ2) is 27.0. The predicted octanol–water partition coefficient (Wildman–Crippen LogP) is 25.8. The summed E-state index contributed by atoms with van der Waals surface area (Å²) in [4.78, 5) is 20.9. The molecular weight excluding hydrogens is 1160 g/mol. The van der Waals surface area contributed by atoms with Gasteiger partial charge in [-0.1, -0.05) is 305 Å². The Morgan fingerprint density at radius 3 is 0.646 bits per heavy atom. The minimum atomic E-state index is 0.370. The number of rotatable bonds is 16. The Balaban J connectivity index is 1.20. The molecule has 0 saturated carbocycles. The van der Waals surface area contributed by atoms with Crippen LogP contribution >= 0.6 is 0 Å². The number of fused-ring (bicyclic) bond motifs is 6. The van der Waals surface area contributed by atoms with Gasteiger partial charge < -0.3 is 9.97 Å². The van der Waals surface area contributed by atoms with Gasteiger partial charge in [0.05, 0.1) is 22.8 Å². The minimum absolute atomic E-state index is 0.370. The first kappa shape index (κ1) is 65.3. The minimum Gasteiger partial charge on any atom is -0.357 e. The lowest BCUT2D eigenvalue weighted by molar-refractivity contribution is 0.866. The van der Waals surface area contributed by atoms with Crippen molar-refractivity contribution in [1.29, 1.82) is 0 Å². The van der Waals surface area contributed by atoms with Crippen molar-refractivity contribution in [3.05, 3.63) is 295 Å². The molecule has 0 aliphatic carbocycles. The Hall–Kier alpha value is -9.38. The first-order valence-corrected chi connectivity index (χ1v) is 35.6. The molecule has 0 spiro atoms. The number of hydrogen-bond donors (Lipinski definition) is 2. The quantitative estimate of drug-likeness (QED) is 0.0969. The van der Waals surface area contributed by atoms with Crippen molar-refractivity contribution < 1.29 is 0 Å². The second-order valence-corrected chi connectivity index (χ2v) is 29.8. The molecule has 3 aliphatic rings. The van der Waals surface area contributed by atoms with Gasteiger partial charge in [-0.15, -0.1) is 0 Å². The highest BCUT2D eigenvalue weighted by molar-refractivity contribution is 6.46. The van der Waals surface area contributed by atoms with Crippen LogP contribution in [0.1, 0.15) is 254 Å². The van der Waals surface area contributed by atoms with E-state index in [4.69, 9.17) is 9.98 Å². The number of aromatic amines is 2. The number of allylic oxidation sites excluding steroid dienone is 4. The summed E-state index contributed by atoms with van der Waals surface area (Å²) in [6, 6.07) is 74.9. The highest BCUT2D eigenvalue weighted by Crippen LogP contribution is 2.50. The van der Waals surface area contributed by atoms with Gasteiger partial charge in [-0.05, 0) is 149 Å². The number of hydrogen-bond acceptors (Lipinski definition) is 2. The van der Waals surface area contributed by atoms with Gasteiger partial charge in [0, 0.05) is 80.2 Å². The van der Waals surface area contributed by atoms with Crippen LogP contribution in [0, 0.1) is 0 Å². The van der Waals surface area contributed by atoms with E-state index in [1.807, 2.05) is 0 Å². The SMILES string of the molecule is CC(C)c1ccc(C2=C(c3ccc(C(C)C)cc3)C3=NC2=Cc2[nH]c(c(-c4ccc(C(C)C)cc4)c2-c2ccc(C(C)C)cc2)Cc2[nH]c(c(-c4ccc(C(C)C)cc4)c2-c2ccc(C(C)C)cc2)/C=C2\N=C(C3)C(c3ccc(C(C)C)cc3)=C2c2ccc(C(C)C)cc2)cc1. The van der Waals surface area contributed by atoms with Crippen LogP contribution in [-0.2, 0) is 6.42 Å². The van der Waals surface area contributed by atoms with Gasteiger partial charge >= 0.3 is 0 Å². The van der Waals surface area contributed by atoms with Gasteiger partial charge in [-0.2, -0.15) is 0 Å². The lowest BCUT2D eigenvalue weighted by Gasteiger charge is -2.16. The van der Waals surface area contributed by atoms with Crippen LogP contribution in [0.5, 0.6) is 0 Å². The fourth-order valence-corrected chi connectivity index (χ4v) is 14.5. The fourth-order valence-electron chi connectivity index (χ4n) is 14.5. The molecule has 96 heavy (non-hydrogen) atoms. The zero-order chi connectivity index (χ0) is 67.4. The Labute approximate surface area is 573 Å². The molecule has 8 bridgehead atoms. The Kier molecular flexibility index (Phi) is 18.4. The molecule has 484 valence electrons. The molecule has 2 aromatic heterocycles. The van der Waals surface area contributed by atoms with Crippen LogP contribution in [-0.4, -0.2) is 21.4 Å². The van der Waals surface area contributed by atoms with Crippen molar-refractivity contribution in [2.24, 2.45) is 9.98 Å². The number of aromatic nitrogens is 2. The van der Waals surface area contributed by atoms with Gasteiger partial charge in [0.25, 0.3) is 0 Å². The monoisotopic (exact) mass is 1260 g/mol. The van der Waals surface area contributed by atoms with Gasteiger partial charge in [-0.25, -0.2) is 0 Å². The second-order valence-electron chi connectivity index (χ2n) is 29.8. The van der Waals surface area contributed by atoms with E-state index in [2.05, 4.69) is 327 Å². The molecule has 10 aromatic rings. The van der Waals surface area contributed by atoms with Crippen LogP contribution in [0.4, 0.5) is 0 Å². The molecule has 4 heteroatoms. The van der Waals surface area contributed by atoms with Crippen molar-refractivity contribution in [3.8, 4) is 44.5 Å². The molecule has 4 nitrogen and oxygen atoms in total. The third-order valence-electron chi connectivity index (χ3n) is 20.5. The number of benzene rings is 8. The average Bonchev–Trinajstić information content (AvgIpc) is 1.59. The Bertz CT molecular complexity index is 4380. The van der Waals surface area contributed by atoms with Crippen molar-refractivity contribution in [2.45, 2.75) is 171 Å². The van der Waals surface area contributed by atoms with Gasteiger partial charge in [0.1, 0.15) is 0 Å². The standard InChI is InChI=1S/C92H96N4/c1-53(2)61-17-33-69(34-18-61)85-77-49-79-87(71-37-21-63(22-38-71)55(5)6)89(73-41-25-65(26-42-73)57(9)10)81(94-79)51-83-91(75-45-29-67(30-46-75)59(13)14)92(76-47-31-68(32-48-76)60(15)16)84(96-83)52-82-90(74-43-27-66(28-44-74)58(11)12)88(72-39-23-64(24-40-72)56(7)8)80(95-82)50-78(93-77)86(85)70-35-19-62(20-36-70)54(3)4/h17-49,52-60,93,95H,50-51H2,1-16H3/b79-49-,84-52?. The number of nitrogens with zero attached hydrogens (tertiary/aromatic N) is 2. The maximum atomic E-state index is 6.11. The maximum Gasteiger partial charge on any atom is 0.0739 e. The maximum absolute atomic E-state index is 6.11. The summed E-state index contributed by atoms with van der Waals surface area (Å²) in [5.41, 5.74) is 36.8. The lowest BCUT2D eigenvalue weighted by atomic mass is 9.85. The van der Waals surface area contributed by atoms with E-state index >= 15 is 0 Å². The highest BCUT2D eigenvalue weighted by Gasteiger charge is 2.35. The fraction of sp³-hybridized carbons (Fsp3) is 0.283. The van der Waals surface area contributed by atoms with E-state index in [-0.39, 0.29) is 0 Å². The van der Waals surface area contributed by atoms with E-state index in [0.717, 1.165) is 112 Å². The van der Waals surface area contributed by atoms with Gasteiger partial charge in [0.15, 0.2) is 0 Å². The first-order chi connectivity index (χ1) is 46.2. The molecule has 3 aliphatic heterocycles. The summed E-state index contributed by atoms with van der Waals surface area (Å²) in [5, 5.41) is 0. The lowest BCUT2D eigenvalue weighted by Crippen LogP contribution is -2.10. The number of nitrogens with one attached hydrogen (secondary N) is 2. The molecule has 13 rings (SSSR count). The zero-order valence-corrected chi connectivity index (χ0v) is 59.6. The van der Waals surface area contributed by atoms with Crippen molar-refractivity contribution in [3.63, 3.8) is 0 Å². The van der Waals surface area contributed by atoms with Crippen LogP contribution < -0.4 is 0 Å². The van der Waals surface area contributed by atoms with Crippen LogP contribution in [0.15, 0.2) is 216 Å². The molecule has 8 aromatic carbocycles. The Morgan fingerprint density at radius 1 is 0.229 bits per heavy atom. The molecule has 0 saturated heterocycles. The third-order valence-corrected chi connectivity index (χ3v) is 20.5. The van der Waals surface area contributed by atoms with Crippen molar-refractivity contribution >= 4 is 45.9 Å². The summed E-state index contributed by atoms with van der Waals surface area (Å²) in [6.07, 6.45) is 5.82. The van der Waals surface area contributed by atoms with E-state index < -0.39 is 0 Å². The van der Waals surface area contributed by atoms with Gasteiger partial charge in [-0.3, -0.25) is 9.98 Å². The van der Waals surface area contributed by atoms with Crippen LogP contribution in [0.2, 0.25) is 0 Å². The predicted molar refractivity (Wildman–Crippen MR) is 414 cm³/mol. The average molecular weight is 1260 g/mol. The van der Waals surface area contributed by atoms with E-state index in [9.17, 15) is 0 Å². The molecule has 2 N–H and O–H groups in total. The third kappa shape index (κ3) is 12.8. The Morgan fingerprint density at radius 2 is 0.427 bits per heavy atom. The molecule has 5 heterocycles. The smallest absolute Gasteiger partial charge is 0.0739 e. The molecule has 0 fully saturated rings. The normalized spacial score (nSPS) is 14.8. The van der Waals surface area contributed by atoms with Gasteiger partial charge in [0.2, 0.25) is 0 Å². The van der Waals surface area contributed by atoms with Crippen LogP contribution in [0.25, 0.3) is 79.0 Å². The van der Waals surface area contributed by atoms with E-state index in [1.165, 1.54) is 66.8 Å². The first-order valence-electron chi connectivity index (χ1n) is 35.6. The molecule has 0 amide bonds. The number of aliphatic imine (C=N–C) groups is 2. The summed E-state index contributed by atoms with van der Waals surface area (Å²) in [7, 11) is 0. The molecule has 0 unspecified atom stereocenters. The molecule has 0 atom stereocenters. The summed E-state index contributed by atoms with van der Waals surface area (Å²) >= 11 is 0. The van der Waals surface area contributed by atoms with Crippen molar-refractivity contribution in [2.75, 3.05) is 0 Å². The topological polar surface area (TPSA) is 56.3 Å².